The van der Waals surface area contributed by atoms with E-state index in [1.165, 1.54) is 16.3 Å². The highest BCUT2D eigenvalue weighted by molar-refractivity contribution is 6.22. The van der Waals surface area contributed by atoms with E-state index in [4.69, 9.17) is 9.97 Å². The molecule has 0 saturated heterocycles. The average Bonchev–Trinajstić information content (AvgIpc) is 4.12. The third-order valence-corrected chi connectivity index (χ3v) is 14.4. The molecule has 336 valence electrons. The van der Waals surface area contributed by atoms with Gasteiger partial charge >= 0.3 is 0 Å². The maximum absolute atomic E-state index is 5.65. The molecule has 0 amide bonds. The monoisotopic (exact) mass is 916 g/mol. The van der Waals surface area contributed by atoms with Gasteiger partial charge in [0.2, 0.25) is 0 Å². The number of hydrogen-bond acceptors (Lipinski definition) is 2. The molecule has 72 heavy (non-hydrogen) atoms. The predicted octanol–water partition coefficient (Wildman–Crippen LogP) is 17.8. The lowest BCUT2D eigenvalue weighted by atomic mass is 9.86. The summed E-state index contributed by atoms with van der Waals surface area (Å²) in [6.07, 6.45) is 1.87. The summed E-state index contributed by atoms with van der Waals surface area (Å²) in [5, 5.41) is 9.01. The molecule has 0 N–H and O–H groups in total. The van der Waals surface area contributed by atoms with E-state index in [2.05, 4.69) is 264 Å². The molecule has 4 nitrogen and oxygen atoms in total. The van der Waals surface area contributed by atoms with Gasteiger partial charge in [0.05, 0.1) is 39.5 Å². The molecule has 0 radical (unpaired) electrons. The lowest BCUT2D eigenvalue weighted by Crippen LogP contribution is -2.02. The zero-order valence-electron chi connectivity index (χ0n) is 39.2. The van der Waals surface area contributed by atoms with E-state index in [9.17, 15) is 0 Å². The van der Waals surface area contributed by atoms with Crippen molar-refractivity contribution in [3.05, 3.63) is 267 Å². The Labute approximate surface area is 417 Å². The van der Waals surface area contributed by atoms with Crippen molar-refractivity contribution in [1.82, 2.24) is 19.1 Å². The fourth-order valence-electron chi connectivity index (χ4n) is 11.0. The van der Waals surface area contributed by atoms with Gasteiger partial charge in [0.15, 0.2) is 0 Å². The third-order valence-electron chi connectivity index (χ3n) is 14.4. The van der Waals surface area contributed by atoms with Crippen LogP contribution in [0.3, 0.4) is 0 Å². The van der Waals surface area contributed by atoms with E-state index in [1.54, 1.807) is 0 Å². The lowest BCUT2D eigenvalue weighted by molar-refractivity contribution is 1.10. The van der Waals surface area contributed by atoms with Gasteiger partial charge < -0.3 is 9.13 Å². The van der Waals surface area contributed by atoms with E-state index in [0.29, 0.717) is 0 Å². The largest absolute Gasteiger partial charge is 0.309 e. The molecule has 4 heteroatoms. The minimum atomic E-state index is 0.883. The second kappa shape index (κ2) is 17.1. The van der Waals surface area contributed by atoms with E-state index in [1.807, 2.05) is 12.3 Å². The Morgan fingerprint density at radius 3 is 1.24 bits per heavy atom. The standard InChI is InChI=1S/C68H44N4/c1-5-17-46(18-6-1)61-37-38-62(47-19-7-2-8-20-47)71(61)54-33-35-57-58(43-54)65(53-30-27-45-16-13-14-25-52(45)42-53)56-34-32-55(72-63(48-21-9-3-10-22-48)39-40-64(72)49-23-11-4-12-24-49)44-59(56)66(57)60-36-31-51-29-28-50-26-15-41-69-67(50)68(51)70-60/h1-44H. The molecule has 0 saturated carbocycles. The number of aromatic nitrogens is 4. The van der Waals surface area contributed by atoms with Gasteiger partial charge in [-0.05, 0) is 132 Å². The highest BCUT2D eigenvalue weighted by Gasteiger charge is 2.23. The van der Waals surface area contributed by atoms with Crippen molar-refractivity contribution in [2.45, 2.75) is 0 Å². The van der Waals surface area contributed by atoms with Gasteiger partial charge in [-0.3, -0.25) is 4.98 Å². The summed E-state index contributed by atoms with van der Waals surface area (Å²) in [6.45, 7) is 0. The molecule has 0 unspecified atom stereocenters. The van der Waals surface area contributed by atoms with Gasteiger partial charge in [-0.1, -0.05) is 194 Å². The zero-order chi connectivity index (χ0) is 47.5. The molecule has 0 spiro atoms. The Morgan fingerprint density at radius 1 is 0.264 bits per heavy atom. The Bertz CT molecular complexity index is 4250. The minimum Gasteiger partial charge on any atom is -0.309 e. The van der Waals surface area contributed by atoms with E-state index in [-0.39, 0.29) is 0 Å². The quantitative estimate of drug-likeness (QED) is 0.112. The molecule has 0 aliphatic rings. The normalized spacial score (nSPS) is 11.6. The van der Waals surface area contributed by atoms with Gasteiger partial charge in [0.1, 0.15) is 0 Å². The number of hydrogen-bond donors (Lipinski definition) is 0. The summed E-state index contributed by atoms with van der Waals surface area (Å²) >= 11 is 0. The van der Waals surface area contributed by atoms with Gasteiger partial charge in [0, 0.05) is 33.9 Å². The van der Waals surface area contributed by atoms with Crippen LogP contribution in [0.2, 0.25) is 0 Å². The van der Waals surface area contributed by atoms with Crippen molar-refractivity contribution < 1.29 is 0 Å². The van der Waals surface area contributed by atoms with Gasteiger partial charge in [-0.15, -0.1) is 0 Å². The Hall–Kier alpha value is -9.64. The number of rotatable bonds is 8. The molecule has 0 atom stereocenters. The van der Waals surface area contributed by atoms with Crippen LogP contribution in [-0.2, 0) is 0 Å². The summed E-state index contributed by atoms with van der Waals surface area (Å²) in [5.41, 5.74) is 17.3. The Balaban J connectivity index is 1.12. The van der Waals surface area contributed by atoms with E-state index in [0.717, 1.165) is 117 Å². The lowest BCUT2D eigenvalue weighted by Gasteiger charge is -2.22. The molecular weight excluding hydrogens is 873 g/mol. The van der Waals surface area contributed by atoms with Crippen LogP contribution in [0.1, 0.15) is 0 Å². The van der Waals surface area contributed by atoms with Crippen molar-refractivity contribution in [1.29, 1.82) is 0 Å². The van der Waals surface area contributed by atoms with Crippen LogP contribution in [0.25, 0.3) is 133 Å². The second-order valence-electron chi connectivity index (χ2n) is 18.5. The number of pyridine rings is 2. The first kappa shape index (κ1) is 41.3. The van der Waals surface area contributed by atoms with Crippen LogP contribution in [0.4, 0.5) is 0 Å². The average molecular weight is 917 g/mol. The molecule has 0 fully saturated rings. The first-order valence-electron chi connectivity index (χ1n) is 24.6. The summed E-state index contributed by atoms with van der Waals surface area (Å²) in [4.78, 5) is 10.6. The van der Waals surface area contributed by atoms with E-state index < -0.39 is 0 Å². The summed E-state index contributed by atoms with van der Waals surface area (Å²) in [6, 6.07) is 94.5. The van der Waals surface area contributed by atoms with Gasteiger partial charge in [-0.25, -0.2) is 4.98 Å². The Morgan fingerprint density at radius 2 is 0.694 bits per heavy atom. The highest BCUT2D eigenvalue weighted by atomic mass is 15.0. The Kier molecular flexibility index (Phi) is 9.82. The fraction of sp³-hybridized carbons (Fsp3) is 0. The van der Waals surface area contributed by atoms with Crippen LogP contribution in [0.15, 0.2) is 267 Å². The van der Waals surface area contributed by atoms with Crippen molar-refractivity contribution in [2.24, 2.45) is 0 Å². The van der Waals surface area contributed by atoms with Gasteiger partial charge in [0.25, 0.3) is 0 Å². The van der Waals surface area contributed by atoms with Crippen molar-refractivity contribution in [2.75, 3.05) is 0 Å². The molecule has 10 aromatic carbocycles. The molecule has 14 rings (SSSR count). The van der Waals surface area contributed by atoms with Gasteiger partial charge in [-0.2, -0.15) is 0 Å². The maximum atomic E-state index is 5.65. The SMILES string of the molecule is c1ccc(-c2ccc(-c3ccccc3)n2-c2ccc3c(-c4ccc5ccc6cccnc6c5n4)c4cc(-n5c(-c6ccccc6)ccc5-c5ccccc5)ccc4c(-c4ccc5ccccc5c4)c3c2)cc1. The number of nitrogens with zero attached hydrogens (tertiary/aromatic N) is 4. The predicted molar refractivity (Wildman–Crippen MR) is 301 cm³/mol. The summed E-state index contributed by atoms with van der Waals surface area (Å²) in [5.74, 6) is 0. The van der Waals surface area contributed by atoms with Crippen LogP contribution in [0.5, 0.6) is 0 Å². The fourth-order valence-corrected chi connectivity index (χ4v) is 11.0. The highest BCUT2D eigenvalue weighted by Crippen LogP contribution is 2.47. The van der Waals surface area contributed by atoms with Crippen LogP contribution < -0.4 is 0 Å². The molecule has 4 aromatic heterocycles. The molecule has 14 aromatic rings. The van der Waals surface area contributed by atoms with Crippen LogP contribution >= 0.6 is 0 Å². The first-order valence-corrected chi connectivity index (χ1v) is 24.6. The van der Waals surface area contributed by atoms with Crippen molar-refractivity contribution in [3.8, 4) is 78.8 Å². The third kappa shape index (κ3) is 6.92. The molecule has 4 heterocycles. The molecular formula is C68H44N4. The summed E-state index contributed by atoms with van der Waals surface area (Å²) < 4.78 is 4.85. The molecule has 0 aliphatic carbocycles. The van der Waals surface area contributed by atoms with Crippen molar-refractivity contribution >= 4 is 54.1 Å². The summed E-state index contributed by atoms with van der Waals surface area (Å²) in [7, 11) is 0. The molecule has 0 aliphatic heterocycles. The van der Waals surface area contributed by atoms with Crippen molar-refractivity contribution in [3.63, 3.8) is 0 Å². The first-order chi connectivity index (χ1) is 35.7. The van der Waals surface area contributed by atoms with Crippen LogP contribution in [-0.4, -0.2) is 19.1 Å². The van der Waals surface area contributed by atoms with Crippen LogP contribution in [0, 0.1) is 0 Å². The maximum Gasteiger partial charge on any atom is 0.0972 e. The smallest absolute Gasteiger partial charge is 0.0972 e. The molecule has 0 bridgehead atoms. The number of fused-ring (bicyclic) bond motifs is 6. The number of benzene rings is 10. The topological polar surface area (TPSA) is 35.6 Å². The second-order valence-corrected chi connectivity index (χ2v) is 18.5. The zero-order valence-corrected chi connectivity index (χ0v) is 39.2. The van der Waals surface area contributed by atoms with E-state index >= 15 is 0 Å². The minimum absolute atomic E-state index is 0.883.